The fourth-order valence-corrected chi connectivity index (χ4v) is 3.25. The van der Waals surface area contributed by atoms with Crippen molar-refractivity contribution < 1.29 is 9.90 Å². The lowest BCUT2D eigenvalue weighted by Gasteiger charge is -2.09. The van der Waals surface area contributed by atoms with Crippen molar-refractivity contribution in [2.45, 2.75) is 25.4 Å². The summed E-state index contributed by atoms with van der Waals surface area (Å²) in [6.45, 7) is 0.376. The van der Waals surface area contributed by atoms with Gasteiger partial charge in [-0.3, -0.25) is 4.68 Å². The third-order valence-electron chi connectivity index (χ3n) is 5.00. The maximum Gasteiger partial charge on any atom is 0.328 e. The Bertz CT molecular complexity index is 1280. The molecule has 1 aliphatic carbocycles. The van der Waals surface area contributed by atoms with E-state index in [1.807, 2.05) is 24.3 Å². The number of aliphatic hydroxyl groups is 1. The van der Waals surface area contributed by atoms with Crippen LogP contribution in [0, 0.1) is 0 Å². The van der Waals surface area contributed by atoms with Crippen LogP contribution < -0.4 is 16.0 Å². The number of rotatable bonds is 7. The third kappa shape index (κ3) is 3.95. The van der Waals surface area contributed by atoms with Gasteiger partial charge in [-0.2, -0.15) is 15.1 Å². The molecule has 0 bridgehead atoms. The highest BCUT2D eigenvalue weighted by Gasteiger charge is 2.25. The van der Waals surface area contributed by atoms with Gasteiger partial charge in [0.25, 0.3) is 0 Å². The van der Waals surface area contributed by atoms with Crippen molar-refractivity contribution in [2.75, 3.05) is 24.3 Å². The minimum Gasteiger partial charge on any atom is -0.394 e. The topological polar surface area (TPSA) is 148 Å². The maximum atomic E-state index is 12.6. The van der Waals surface area contributed by atoms with E-state index in [0.29, 0.717) is 35.3 Å². The van der Waals surface area contributed by atoms with Crippen LogP contribution in [0.3, 0.4) is 0 Å². The second kappa shape index (κ2) is 8.23. The first-order valence-electron chi connectivity index (χ1n) is 10.3. The van der Waals surface area contributed by atoms with E-state index >= 15 is 0 Å². The lowest BCUT2D eigenvalue weighted by atomic mass is 10.2. The highest BCUT2D eigenvalue weighted by atomic mass is 16.3. The summed E-state index contributed by atoms with van der Waals surface area (Å²) in [5.41, 5.74) is 2.45. The SMILES string of the molecule is CNc1nc(Nc2cccc(-c3ncn(CCO)n3)c2)nc2c1ncn2C(=O)NC1CC1. The molecule has 1 fully saturated rings. The Hall–Kier alpha value is -4.06. The highest BCUT2D eigenvalue weighted by molar-refractivity contribution is 5.92. The predicted molar refractivity (Wildman–Crippen MR) is 118 cm³/mol. The normalized spacial score (nSPS) is 13.3. The summed E-state index contributed by atoms with van der Waals surface area (Å²) in [6.07, 6.45) is 5.02. The van der Waals surface area contributed by atoms with Gasteiger partial charge in [0.1, 0.15) is 12.7 Å². The largest absolute Gasteiger partial charge is 0.394 e. The number of hydrogen-bond donors (Lipinski definition) is 4. The standard InChI is InChI=1S/C20H22N10O2/c1-21-17-15-18(30(11-22-15)20(32)25-13-5-6-13)27-19(26-17)24-14-4-2-3-12(9-14)16-23-10-29(28-16)7-8-31/h2-4,9-11,13,31H,5-8H2,1H3,(H,25,32)(H2,21,24,26,27). The smallest absolute Gasteiger partial charge is 0.328 e. The van der Waals surface area contributed by atoms with Crippen molar-refractivity contribution in [1.82, 2.24) is 39.6 Å². The van der Waals surface area contributed by atoms with E-state index in [2.05, 4.69) is 41.0 Å². The summed E-state index contributed by atoms with van der Waals surface area (Å²) in [5, 5.41) is 22.6. The Kier molecular flexibility index (Phi) is 5.11. The first-order chi connectivity index (χ1) is 15.6. The van der Waals surface area contributed by atoms with Crippen LogP contribution in [-0.2, 0) is 6.54 Å². The van der Waals surface area contributed by atoms with Crippen LogP contribution in [-0.4, -0.2) is 65.1 Å². The van der Waals surface area contributed by atoms with Gasteiger partial charge in [0.15, 0.2) is 22.8 Å². The molecule has 32 heavy (non-hydrogen) atoms. The number of nitrogens with zero attached hydrogens (tertiary/aromatic N) is 7. The van der Waals surface area contributed by atoms with E-state index in [0.717, 1.165) is 24.1 Å². The zero-order chi connectivity index (χ0) is 22.1. The molecule has 12 nitrogen and oxygen atoms in total. The Morgan fingerprint density at radius 2 is 2.09 bits per heavy atom. The summed E-state index contributed by atoms with van der Waals surface area (Å²) >= 11 is 0. The number of benzene rings is 1. The lowest BCUT2D eigenvalue weighted by Crippen LogP contribution is -2.30. The minimum absolute atomic E-state index is 0.00668. The van der Waals surface area contributed by atoms with Gasteiger partial charge in [0.05, 0.1) is 13.2 Å². The first-order valence-corrected chi connectivity index (χ1v) is 10.3. The number of carbonyl (C=O) groups is 1. The second-order valence-electron chi connectivity index (χ2n) is 7.42. The number of hydrogen-bond acceptors (Lipinski definition) is 9. The quantitative estimate of drug-likeness (QED) is 0.340. The summed E-state index contributed by atoms with van der Waals surface area (Å²) in [7, 11) is 1.74. The molecule has 4 aromatic rings. The molecule has 0 saturated heterocycles. The van der Waals surface area contributed by atoms with Crippen molar-refractivity contribution >= 4 is 34.6 Å². The molecule has 1 aromatic carbocycles. The van der Waals surface area contributed by atoms with Gasteiger partial charge < -0.3 is 21.1 Å². The minimum atomic E-state index is -0.256. The Morgan fingerprint density at radius 1 is 1.22 bits per heavy atom. The predicted octanol–water partition coefficient (Wildman–Crippen LogP) is 1.58. The Morgan fingerprint density at radius 3 is 2.88 bits per heavy atom. The summed E-state index contributed by atoms with van der Waals surface area (Å²) < 4.78 is 2.98. The van der Waals surface area contributed by atoms with Gasteiger partial charge in [-0.25, -0.2) is 19.3 Å². The number of amides is 1. The van der Waals surface area contributed by atoms with Crippen molar-refractivity contribution in [3.8, 4) is 11.4 Å². The van der Waals surface area contributed by atoms with Crippen LogP contribution in [0.15, 0.2) is 36.9 Å². The van der Waals surface area contributed by atoms with Crippen molar-refractivity contribution in [3.05, 3.63) is 36.9 Å². The number of nitrogens with one attached hydrogen (secondary N) is 3. The van der Waals surface area contributed by atoms with E-state index in [1.54, 1.807) is 18.1 Å². The number of aromatic nitrogens is 7. The maximum absolute atomic E-state index is 12.6. The van der Waals surface area contributed by atoms with Gasteiger partial charge in [0.2, 0.25) is 5.95 Å². The Balaban J connectivity index is 1.45. The molecule has 0 unspecified atom stereocenters. The van der Waals surface area contributed by atoms with Crippen LogP contribution in [0.1, 0.15) is 12.8 Å². The molecular weight excluding hydrogens is 412 g/mol. The van der Waals surface area contributed by atoms with E-state index in [9.17, 15) is 4.79 Å². The van der Waals surface area contributed by atoms with Gasteiger partial charge in [-0.05, 0) is 25.0 Å². The molecule has 0 aliphatic heterocycles. The molecule has 1 aliphatic rings. The molecule has 1 amide bonds. The number of aliphatic hydroxyl groups excluding tert-OH is 1. The molecule has 4 N–H and O–H groups in total. The van der Waals surface area contributed by atoms with Gasteiger partial charge in [0, 0.05) is 24.3 Å². The van der Waals surface area contributed by atoms with Crippen molar-refractivity contribution in [3.63, 3.8) is 0 Å². The molecule has 0 atom stereocenters. The molecule has 0 radical (unpaired) electrons. The Labute approximate surface area is 182 Å². The number of imidazole rings is 1. The molecule has 3 aromatic heterocycles. The summed E-state index contributed by atoms with van der Waals surface area (Å²) in [6, 6.07) is 7.48. The average molecular weight is 434 g/mol. The van der Waals surface area contributed by atoms with Crippen molar-refractivity contribution in [2.24, 2.45) is 0 Å². The zero-order valence-electron chi connectivity index (χ0n) is 17.4. The van der Waals surface area contributed by atoms with E-state index < -0.39 is 0 Å². The molecule has 12 heteroatoms. The monoisotopic (exact) mass is 434 g/mol. The second-order valence-corrected chi connectivity index (χ2v) is 7.42. The van der Waals surface area contributed by atoms with Crippen LogP contribution >= 0.6 is 0 Å². The van der Waals surface area contributed by atoms with Crippen LogP contribution in [0.5, 0.6) is 0 Å². The van der Waals surface area contributed by atoms with Crippen LogP contribution in [0.4, 0.5) is 22.2 Å². The van der Waals surface area contributed by atoms with Gasteiger partial charge in [-0.15, -0.1) is 0 Å². The van der Waals surface area contributed by atoms with Gasteiger partial charge >= 0.3 is 6.03 Å². The van der Waals surface area contributed by atoms with Gasteiger partial charge in [-0.1, -0.05) is 12.1 Å². The number of anilines is 3. The fourth-order valence-electron chi connectivity index (χ4n) is 3.25. The first kappa shape index (κ1) is 19.9. The van der Waals surface area contributed by atoms with E-state index in [-0.39, 0.29) is 18.7 Å². The molecule has 5 rings (SSSR count). The fraction of sp³-hybridized carbons (Fsp3) is 0.300. The van der Waals surface area contributed by atoms with Crippen molar-refractivity contribution in [1.29, 1.82) is 0 Å². The number of carbonyl (C=O) groups excluding carboxylic acids is 1. The molecule has 0 spiro atoms. The average Bonchev–Trinajstić information content (AvgIpc) is 3.31. The highest BCUT2D eigenvalue weighted by Crippen LogP contribution is 2.25. The lowest BCUT2D eigenvalue weighted by molar-refractivity contribution is 0.242. The van der Waals surface area contributed by atoms with E-state index in [1.165, 1.54) is 10.9 Å². The van der Waals surface area contributed by atoms with E-state index in [4.69, 9.17) is 5.11 Å². The van der Waals surface area contributed by atoms with Crippen LogP contribution in [0.25, 0.3) is 22.6 Å². The number of fused-ring (bicyclic) bond motifs is 1. The zero-order valence-corrected chi connectivity index (χ0v) is 17.4. The summed E-state index contributed by atoms with van der Waals surface area (Å²) in [4.78, 5) is 30.2. The van der Waals surface area contributed by atoms with Crippen LogP contribution in [0.2, 0.25) is 0 Å². The third-order valence-corrected chi connectivity index (χ3v) is 5.00. The molecule has 3 heterocycles. The molecule has 164 valence electrons. The summed E-state index contributed by atoms with van der Waals surface area (Å²) in [5.74, 6) is 1.37. The molecular formula is C20H22N10O2. The molecule has 1 saturated carbocycles.